The number of nitrogens with zero attached hydrogens (tertiary/aromatic N) is 3. The number of rotatable bonds is 7. The van der Waals surface area contributed by atoms with E-state index in [9.17, 15) is 0 Å². The first-order chi connectivity index (χ1) is 9.74. The molecular weight excluding hydrogens is 256 g/mol. The molecule has 0 aromatic carbocycles. The van der Waals surface area contributed by atoms with Crippen molar-refractivity contribution in [3.63, 3.8) is 0 Å². The van der Waals surface area contributed by atoms with Gasteiger partial charge in [0.1, 0.15) is 18.2 Å². The number of hydrogen-bond donors (Lipinski definition) is 1. The van der Waals surface area contributed by atoms with Crippen LogP contribution < -0.4 is 10.2 Å². The van der Waals surface area contributed by atoms with E-state index in [4.69, 9.17) is 9.47 Å². The van der Waals surface area contributed by atoms with Crippen molar-refractivity contribution in [2.24, 2.45) is 0 Å². The largest absolute Gasteiger partial charge is 0.379 e. The molecule has 6 heteroatoms. The van der Waals surface area contributed by atoms with Gasteiger partial charge in [0.05, 0.1) is 12.6 Å². The van der Waals surface area contributed by atoms with E-state index in [0.717, 1.165) is 37.8 Å². The van der Waals surface area contributed by atoms with Crippen molar-refractivity contribution in [2.45, 2.75) is 32.9 Å². The van der Waals surface area contributed by atoms with Gasteiger partial charge < -0.3 is 19.7 Å². The summed E-state index contributed by atoms with van der Waals surface area (Å²) in [6.07, 6.45) is 1.04. The molecule has 1 unspecified atom stereocenters. The van der Waals surface area contributed by atoms with E-state index >= 15 is 0 Å². The van der Waals surface area contributed by atoms with Gasteiger partial charge in [-0.1, -0.05) is 0 Å². The zero-order valence-electron chi connectivity index (χ0n) is 12.6. The molecule has 1 aliphatic rings. The SMILES string of the molecule is CCNc1cc(N(C)C2CCOC2)nc(COCC)n1. The van der Waals surface area contributed by atoms with Gasteiger partial charge in [-0.25, -0.2) is 9.97 Å². The fourth-order valence-electron chi connectivity index (χ4n) is 2.21. The van der Waals surface area contributed by atoms with Gasteiger partial charge in [-0.2, -0.15) is 0 Å². The summed E-state index contributed by atoms with van der Waals surface area (Å²) in [4.78, 5) is 11.2. The van der Waals surface area contributed by atoms with Crippen molar-refractivity contribution in [1.82, 2.24) is 9.97 Å². The molecule has 1 aromatic heterocycles. The average Bonchev–Trinajstić information content (AvgIpc) is 2.98. The third kappa shape index (κ3) is 3.80. The molecule has 2 heterocycles. The molecule has 0 spiro atoms. The van der Waals surface area contributed by atoms with Crippen molar-refractivity contribution in [3.8, 4) is 0 Å². The Balaban J connectivity index is 2.18. The van der Waals surface area contributed by atoms with Gasteiger partial charge in [0.25, 0.3) is 0 Å². The molecule has 20 heavy (non-hydrogen) atoms. The number of likely N-dealkylation sites (N-methyl/N-ethyl adjacent to an activating group) is 1. The van der Waals surface area contributed by atoms with Gasteiger partial charge >= 0.3 is 0 Å². The summed E-state index contributed by atoms with van der Waals surface area (Å²) in [6.45, 7) is 7.55. The van der Waals surface area contributed by atoms with Crippen molar-refractivity contribution < 1.29 is 9.47 Å². The average molecular weight is 280 g/mol. The Bertz CT molecular complexity index is 422. The zero-order chi connectivity index (χ0) is 14.4. The van der Waals surface area contributed by atoms with Crippen LogP contribution in [0.1, 0.15) is 26.1 Å². The maximum absolute atomic E-state index is 5.45. The van der Waals surface area contributed by atoms with E-state index < -0.39 is 0 Å². The smallest absolute Gasteiger partial charge is 0.158 e. The van der Waals surface area contributed by atoms with Crippen LogP contribution in [0.15, 0.2) is 6.07 Å². The molecule has 0 bridgehead atoms. The van der Waals surface area contributed by atoms with Gasteiger partial charge in [-0.05, 0) is 20.3 Å². The second-order valence-corrected chi connectivity index (χ2v) is 4.82. The Morgan fingerprint density at radius 2 is 2.30 bits per heavy atom. The number of nitrogens with one attached hydrogen (secondary N) is 1. The molecule has 1 saturated heterocycles. The van der Waals surface area contributed by atoms with Crippen LogP contribution >= 0.6 is 0 Å². The van der Waals surface area contributed by atoms with Gasteiger partial charge in [-0.3, -0.25) is 0 Å². The van der Waals surface area contributed by atoms with E-state index in [1.807, 2.05) is 13.0 Å². The topological polar surface area (TPSA) is 59.5 Å². The van der Waals surface area contributed by atoms with E-state index in [-0.39, 0.29) is 0 Å². The lowest BCUT2D eigenvalue weighted by atomic mass is 10.2. The quantitative estimate of drug-likeness (QED) is 0.820. The van der Waals surface area contributed by atoms with Crippen LogP contribution in [0.4, 0.5) is 11.6 Å². The Morgan fingerprint density at radius 1 is 1.45 bits per heavy atom. The van der Waals surface area contributed by atoms with Crippen LogP contribution in [0.25, 0.3) is 0 Å². The summed E-state index contributed by atoms with van der Waals surface area (Å²) in [5.74, 6) is 2.48. The summed E-state index contributed by atoms with van der Waals surface area (Å²) in [5, 5.41) is 3.25. The molecule has 0 saturated carbocycles. The first-order valence-electron chi connectivity index (χ1n) is 7.24. The highest BCUT2D eigenvalue weighted by atomic mass is 16.5. The van der Waals surface area contributed by atoms with Crippen LogP contribution in [-0.2, 0) is 16.1 Å². The van der Waals surface area contributed by atoms with Crippen LogP contribution in [0.5, 0.6) is 0 Å². The number of ether oxygens (including phenoxy) is 2. The Hall–Kier alpha value is -1.40. The summed E-state index contributed by atoms with van der Waals surface area (Å²) in [5.41, 5.74) is 0. The molecule has 0 aliphatic carbocycles. The van der Waals surface area contributed by atoms with E-state index in [1.54, 1.807) is 0 Å². The highest BCUT2D eigenvalue weighted by Crippen LogP contribution is 2.21. The predicted octanol–water partition coefficient (Wildman–Crippen LogP) is 1.67. The molecule has 1 atom stereocenters. The molecule has 6 nitrogen and oxygen atoms in total. The van der Waals surface area contributed by atoms with Crippen molar-refractivity contribution >= 4 is 11.6 Å². The molecule has 112 valence electrons. The third-order valence-electron chi connectivity index (χ3n) is 3.37. The Morgan fingerprint density at radius 3 is 2.95 bits per heavy atom. The number of anilines is 2. The number of hydrogen-bond acceptors (Lipinski definition) is 6. The van der Waals surface area contributed by atoms with Gasteiger partial charge in [0.2, 0.25) is 0 Å². The maximum atomic E-state index is 5.45. The van der Waals surface area contributed by atoms with Gasteiger partial charge in [0, 0.05) is 32.9 Å². The number of aromatic nitrogens is 2. The lowest BCUT2D eigenvalue weighted by molar-refractivity contribution is 0.128. The van der Waals surface area contributed by atoms with Crippen molar-refractivity contribution in [1.29, 1.82) is 0 Å². The first kappa shape index (κ1) is 15.0. The normalized spacial score (nSPS) is 18.2. The first-order valence-corrected chi connectivity index (χ1v) is 7.24. The third-order valence-corrected chi connectivity index (χ3v) is 3.37. The summed E-state index contributed by atoms with van der Waals surface area (Å²) in [6, 6.07) is 2.37. The zero-order valence-corrected chi connectivity index (χ0v) is 12.6. The minimum absolute atomic E-state index is 0.388. The summed E-state index contributed by atoms with van der Waals surface area (Å²) < 4.78 is 10.9. The summed E-state index contributed by atoms with van der Waals surface area (Å²) >= 11 is 0. The maximum Gasteiger partial charge on any atom is 0.158 e. The van der Waals surface area contributed by atoms with E-state index in [1.165, 1.54) is 0 Å². The van der Waals surface area contributed by atoms with Crippen molar-refractivity contribution in [3.05, 3.63) is 11.9 Å². The van der Waals surface area contributed by atoms with Gasteiger partial charge in [-0.15, -0.1) is 0 Å². The molecular formula is C14H24N4O2. The van der Waals surface area contributed by atoms with Gasteiger partial charge in [0.15, 0.2) is 5.82 Å². The van der Waals surface area contributed by atoms with Crippen LogP contribution in [-0.4, -0.2) is 49.4 Å². The van der Waals surface area contributed by atoms with Crippen LogP contribution in [0.2, 0.25) is 0 Å². The molecule has 1 aromatic rings. The molecule has 0 amide bonds. The fourth-order valence-corrected chi connectivity index (χ4v) is 2.21. The molecule has 1 fully saturated rings. The lowest BCUT2D eigenvalue weighted by Crippen LogP contribution is -2.32. The fraction of sp³-hybridized carbons (Fsp3) is 0.714. The monoisotopic (exact) mass is 280 g/mol. The van der Waals surface area contributed by atoms with E-state index in [2.05, 4.69) is 34.2 Å². The Kier molecular flexibility index (Phi) is 5.55. The predicted molar refractivity (Wildman–Crippen MR) is 79.2 cm³/mol. The van der Waals surface area contributed by atoms with Crippen molar-refractivity contribution in [2.75, 3.05) is 43.6 Å². The van der Waals surface area contributed by atoms with E-state index in [0.29, 0.717) is 25.1 Å². The minimum atomic E-state index is 0.388. The lowest BCUT2D eigenvalue weighted by Gasteiger charge is -2.25. The van der Waals surface area contributed by atoms with Crippen LogP contribution in [0, 0.1) is 0 Å². The minimum Gasteiger partial charge on any atom is -0.379 e. The summed E-state index contributed by atoms with van der Waals surface area (Å²) in [7, 11) is 2.06. The molecule has 0 radical (unpaired) electrons. The second-order valence-electron chi connectivity index (χ2n) is 4.82. The highest BCUT2D eigenvalue weighted by Gasteiger charge is 2.22. The second kappa shape index (κ2) is 7.40. The Labute approximate surface area is 120 Å². The highest BCUT2D eigenvalue weighted by molar-refractivity contribution is 5.49. The standard InChI is InChI=1S/C14H24N4O2/c1-4-15-12-8-14(17-13(16-12)10-19-5-2)18(3)11-6-7-20-9-11/h8,11H,4-7,9-10H2,1-3H3,(H,15,16,17). The molecule has 1 aliphatic heterocycles. The molecule has 1 N–H and O–H groups in total. The molecule has 2 rings (SSSR count). The van der Waals surface area contributed by atoms with Crippen LogP contribution in [0.3, 0.4) is 0 Å².